The topological polar surface area (TPSA) is 46.5 Å². The van der Waals surface area contributed by atoms with Crippen molar-refractivity contribution in [1.82, 2.24) is 0 Å². The third kappa shape index (κ3) is 4.46. The molecule has 1 unspecified atom stereocenters. The number of aliphatic carboxylic acids is 1. The van der Waals surface area contributed by atoms with Crippen LogP contribution in [0.1, 0.15) is 64.0 Å². The monoisotopic (exact) mass is 354 g/mol. The van der Waals surface area contributed by atoms with Gasteiger partial charge < -0.3 is 9.84 Å². The summed E-state index contributed by atoms with van der Waals surface area (Å²) in [5.74, 6) is -0.347. The lowest BCUT2D eigenvalue weighted by Crippen LogP contribution is -2.30. The molecule has 0 heterocycles. The van der Waals surface area contributed by atoms with Crippen LogP contribution in [0, 0.1) is 0 Å². The Balaban J connectivity index is 0.00000117. The first-order valence-corrected chi connectivity index (χ1v) is 9.67. The van der Waals surface area contributed by atoms with Gasteiger partial charge in [0, 0.05) is 5.41 Å². The normalized spacial score (nSPS) is 16.7. The second-order valence-corrected chi connectivity index (χ2v) is 6.63. The van der Waals surface area contributed by atoms with Gasteiger partial charge in [-0.2, -0.15) is 0 Å². The van der Waals surface area contributed by atoms with Crippen molar-refractivity contribution in [3.05, 3.63) is 65.7 Å². The molecule has 0 spiro atoms. The fraction of sp³-hybridized carbons (Fsp3) is 0.435. The van der Waals surface area contributed by atoms with E-state index in [2.05, 4.69) is 42.5 Å². The molecular formula is C23H30O3. The second-order valence-electron chi connectivity index (χ2n) is 6.63. The molecule has 1 saturated carbocycles. The van der Waals surface area contributed by atoms with Crippen LogP contribution < -0.4 is 4.74 Å². The minimum Gasteiger partial charge on any atom is -0.479 e. The molecule has 1 N–H and O–H groups in total. The van der Waals surface area contributed by atoms with E-state index in [4.69, 9.17) is 9.84 Å². The molecule has 0 bridgehead atoms. The number of benzene rings is 2. The van der Waals surface area contributed by atoms with Crippen molar-refractivity contribution in [1.29, 1.82) is 0 Å². The van der Waals surface area contributed by atoms with Crippen molar-refractivity contribution in [2.24, 2.45) is 0 Å². The fourth-order valence-corrected chi connectivity index (χ4v) is 3.76. The zero-order valence-corrected chi connectivity index (χ0v) is 16.1. The van der Waals surface area contributed by atoms with Gasteiger partial charge in [-0.3, -0.25) is 0 Å². The molecule has 0 radical (unpaired) electrons. The maximum absolute atomic E-state index is 10.9. The van der Waals surface area contributed by atoms with Crippen LogP contribution in [-0.4, -0.2) is 17.2 Å². The summed E-state index contributed by atoms with van der Waals surface area (Å²) in [7, 11) is 0. The van der Waals surface area contributed by atoms with Gasteiger partial charge in [-0.15, -0.1) is 0 Å². The summed E-state index contributed by atoms with van der Waals surface area (Å²) in [6.07, 6.45) is 5.25. The molecule has 1 atom stereocenters. The van der Waals surface area contributed by atoms with Crippen LogP contribution in [0.25, 0.3) is 0 Å². The number of carboxylic acids is 1. The van der Waals surface area contributed by atoms with Crippen molar-refractivity contribution in [3.63, 3.8) is 0 Å². The quantitative estimate of drug-likeness (QED) is 0.736. The highest BCUT2D eigenvalue weighted by atomic mass is 16.5. The molecule has 0 aromatic heterocycles. The molecule has 0 saturated heterocycles. The Bertz CT molecular complexity index is 670. The lowest BCUT2D eigenvalue weighted by Gasteiger charge is -2.38. The van der Waals surface area contributed by atoms with E-state index < -0.39 is 12.1 Å². The molecule has 3 heteroatoms. The highest BCUT2D eigenvalue weighted by Gasteiger charge is 2.35. The number of ether oxygens (including phenoxy) is 1. The van der Waals surface area contributed by atoms with E-state index in [1.807, 2.05) is 26.0 Å². The summed E-state index contributed by atoms with van der Waals surface area (Å²) in [5.41, 5.74) is 2.73. The minimum absolute atomic E-state index is 0.0659. The van der Waals surface area contributed by atoms with Gasteiger partial charge in [0.05, 0.1) is 0 Å². The molecule has 1 aliphatic carbocycles. The van der Waals surface area contributed by atoms with Gasteiger partial charge in [-0.05, 0) is 43.0 Å². The zero-order valence-electron chi connectivity index (χ0n) is 16.1. The molecule has 140 valence electrons. The van der Waals surface area contributed by atoms with E-state index in [1.54, 1.807) is 6.92 Å². The number of hydrogen-bond donors (Lipinski definition) is 1. The summed E-state index contributed by atoms with van der Waals surface area (Å²) in [6.45, 7) is 5.54. The van der Waals surface area contributed by atoms with Crippen molar-refractivity contribution in [2.75, 3.05) is 0 Å². The zero-order chi connectivity index (χ0) is 19.0. The van der Waals surface area contributed by atoms with E-state index in [0.717, 1.165) is 12.8 Å². The summed E-state index contributed by atoms with van der Waals surface area (Å²) >= 11 is 0. The first-order chi connectivity index (χ1) is 12.6. The van der Waals surface area contributed by atoms with Crippen LogP contribution >= 0.6 is 0 Å². The van der Waals surface area contributed by atoms with Gasteiger partial charge in [0.1, 0.15) is 5.75 Å². The first-order valence-electron chi connectivity index (χ1n) is 9.67. The first kappa shape index (κ1) is 20.0. The van der Waals surface area contributed by atoms with Crippen LogP contribution in [0.3, 0.4) is 0 Å². The van der Waals surface area contributed by atoms with E-state index in [1.165, 1.54) is 30.4 Å². The third-order valence-electron chi connectivity index (χ3n) is 5.10. The highest BCUT2D eigenvalue weighted by Crippen LogP contribution is 2.45. The molecule has 26 heavy (non-hydrogen) atoms. The van der Waals surface area contributed by atoms with E-state index in [-0.39, 0.29) is 5.41 Å². The lowest BCUT2D eigenvalue weighted by atomic mass is 9.65. The Kier molecular flexibility index (Phi) is 7.26. The molecule has 3 rings (SSSR count). The fourth-order valence-electron chi connectivity index (χ4n) is 3.76. The maximum Gasteiger partial charge on any atom is 0.344 e. The number of rotatable bonds is 5. The number of hydrogen-bond acceptors (Lipinski definition) is 2. The summed E-state index contributed by atoms with van der Waals surface area (Å²) in [4.78, 5) is 10.9. The van der Waals surface area contributed by atoms with Gasteiger partial charge in [-0.1, -0.05) is 75.6 Å². The van der Waals surface area contributed by atoms with Gasteiger partial charge in [0.15, 0.2) is 6.10 Å². The van der Waals surface area contributed by atoms with Crippen molar-refractivity contribution < 1.29 is 14.6 Å². The summed E-state index contributed by atoms with van der Waals surface area (Å²) in [5, 5.41) is 8.97. The summed E-state index contributed by atoms with van der Waals surface area (Å²) < 4.78 is 5.46. The Morgan fingerprint density at radius 2 is 1.46 bits per heavy atom. The predicted molar refractivity (Wildman–Crippen MR) is 106 cm³/mol. The molecule has 0 amide bonds. The molecule has 2 aromatic rings. The van der Waals surface area contributed by atoms with Crippen LogP contribution in [-0.2, 0) is 10.2 Å². The Hall–Kier alpha value is -2.29. The second kappa shape index (κ2) is 9.42. The number of carboxylic acid groups (broad SMARTS) is 1. The highest BCUT2D eigenvalue weighted by molar-refractivity contribution is 5.72. The largest absolute Gasteiger partial charge is 0.479 e. The molecular weight excluding hydrogens is 324 g/mol. The smallest absolute Gasteiger partial charge is 0.344 e. The lowest BCUT2D eigenvalue weighted by molar-refractivity contribution is -0.144. The van der Waals surface area contributed by atoms with Crippen LogP contribution in [0.5, 0.6) is 5.75 Å². The van der Waals surface area contributed by atoms with Gasteiger partial charge in [0.25, 0.3) is 0 Å². The van der Waals surface area contributed by atoms with E-state index in [9.17, 15) is 4.79 Å². The van der Waals surface area contributed by atoms with Crippen molar-refractivity contribution >= 4 is 5.97 Å². The Morgan fingerprint density at radius 3 is 2.00 bits per heavy atom. The number of carbonyl (C=O) groups is 1. The molecule has 3 nitrogen and oxygen atoms in total. The average Bonchev–Trinajstić information content (AvgIpc) is 2.71. The maximum atomic E-state index is 10.9. The van der Waals surface area contributed by atoms with Crippen molar-refractivity contribution in [2.45, 2.75) is 64.4 Å². The molecule has 0 aliphatic heterocycles. The van der Waals surface area contributed by atoms with Crippen LogP contribution in [0.4, 0.5) is 0 Å². The van der Waals surface area contributed by atoms with Crippen LogP contribution in [0.2, 0.25) is 0 Å². The van der Waals surface area contributed by atoms with Crippen molar-refractivity contribution in [3.8, 4) is 5.75 Å². The SMILES string of the molecule is CC.CC(Oc1ccc(C2(c3ccccc3)CCCCC2)cc1)C(=O)O. The predicted octanol–water partition coefficient (Wildman–Crippen LogP) is 5.81. The summed E-state index contributed by atoms with van der Waals surface area (Å²) in [6, 6.07) is 18.7. The molecule has 1 fully saturated rings. The standard InChI is InChI=1S/C21H24O3.C2H6/c1-16(20(22)23)24-19-12-10-18(11-13-19)21(14-6-3-7-15-21)17-8-4-2-5-9-17;1-2/h2,4-5,8-13,16H,3,6-7,14-15H2,1H3,(H,22,23);1-2H3. The Labute approximate surface area is 157 Å². The van der Waals surface area contributed by atoms with Crippen LogP contribution in [0.15, 0.2) is 54.6 Å². The Morgan fingerprint density at radius 1 is 0.923 bits per heavy atom. The van der Waals surface area contributed by atoms with E-state index in [0.29, 0.717) is 5.75 Å². The van der Waals surface area contributed by atoms with Gasteiger partial charge in [-0.25, -0.2) is 4.79 Å². The van der Waals surface area contributed by atoms with Gasteiger partial charge in [0.2, 0.25) is 0 Å². The van der Waals surface area contributed by atoms with E-state index >= 15 is 0 Å². The average molecular weight is 354 g/mol. The molecule has 1 aliphatic rings. The van der Waals surface area contributed by atoms with Gasteiger partial charge >= 0.3 is 5.97 Å². The minimum atomic E-state index is -0.952. The molecule has 2 aromatic carbocycles. The third-order valence-corrected chi connectivity index (χ3v) is 5.10.